The van der Waals surface area contributed by atoms with Crippen LogP contribution in [0.15, 0.2) is 4.99 Å². The predicted molar refractivity (Wildman–Crippen MR) is 55.4 cm³/mol. The van der Waals surface area contributed by atoms with Crippen molar-refractivity contribution in [2.24, 2.45) is 4.99 Å². The Balaban J connectivity index is 2.75. The second kappa shape index (κ2) is 4.09. The molecule has 0 spiro atoms. The van der Waals surface area contributed by atoms with Crippen molar-refractivity contribution in [3.8, 4) is 0 Å². The predicted octanol–water partition coefficient (Wildman–Crippen LogP) is 1.11. The number of rotatable bonds is 4. The lowest BCUT2D eigenvalue weighted by Gasteiger charge is -2.24. The van der Waals surface area contributed by atoms with Crippen molar-refractivity contribution >= 4 is 11.7 Å². The monoisotopic (exact) mass is 198 g/mol. The number of aliphatic imine (C=N–C) groups is 1. The third-order valence-electron chi connectivity index (χ3n) is 2.29. The van der Waals surface area contributed by atoms with E-state index in [1.54, 1.807) is 0 Å². The zero-order valence-electron chi connectivity index (χ0n) is 9.26. The Morgan fingerprint density at radius 2 is 2.14 bits per heavy atom. The van der Waals surface area contributed by atoms with E-state index >= 15 is 0 Å². The number of nitrogens with one attached hydrogen (secondary N) is 1. The van der Waals surface area contributed by atoms with E-state index in [-0.39, 0.29) is 11.9 Å². The van der Waals surface area contributed by atoms with Crippen molar-refractivity contribution in [1.82, 2.24) is 5.32 Å². The minimum Gasteiger partial charge on any atom is -0.368 e. The fourth-order valence-electron chi connectivity index (χ4n) is 1.46. The minimum absolute atomic E-state index is 0.0183. The lowest BCUT2D eigenvalue weighted by Crippen LogP contribution is -2.43. The second-order valence-electron chi connectivity index (χ2n) is 3.83. The van der Waals surface area contributed by atoms with Gasteiger partial charge in [0.25, 0.3) is 0 Å². The van der Waals surface area contributed by atoms with Gasteiger partial charge in [0.2, 0.25) is 5.91 Å². The van der Waals surface area contributed by atoms with Crippen LogP contribution in [-0.4, -0.2) is 30.0 Å². The lowest BCUT2D eigenvalue weighted by molar-refractivity contribution is -0.120. The van der Waals surface area contributed by atoms with E-state index in [4.69, 9.17) is 4.74 Å². The van der Waals surface area contributed by atoms with E-state index in [0.717, 1.165) is 6.42 Å². The molecule has 1 N–H and O–H groups in total. The van der Waals surface area contributed by atoms with Gasteiger partial charge >= 0.3 is 0 Å². The molecule has 1 atom stereocenters. The highest BCUT2D eigenvalue weighted by Crippen LogP contribution is 2.16. The van der Waals surface area contributed by atoms with E-state index < -0.39 is 5.60 Å². The second-order valence-corrected chi connectivity index (χ2v) is 3.83. The summed E-state index contributed by atoms with van der Waals surface area (Å²) in [7, 11) is 0. The summed E-state index contributed by atoms with van der Waals surface area (Å²) in [4.78, 5) is 15.7. The Hall–Kier alpha value is -0.900. The molecule has 0 saturated heterocycles. The number of ether oxygens (including phenoxy) is 1. The van der Waals surface area contributed by atoms with Crippen LogP contribution in [0.5, 0.6) is 0 Å². The number of hydrogen-bond donors (Lipinski definition) is 1. The van der Waals surface area contributed by atoms with Crippen molar-refractivity contribution in [2.45, 2.75) is 45.8 Å². The van der Waals surface area contributed by atoms with Gasteiger partial charge in [-0.2, -0.15) is 0 Å². The maximum atomic E-state index is 11.4. The molecule has 14 heavy (non-hydrogen) atoms. The summed E-state index contributed by atoms with van der Waals surface area (Å²) in [6.07, 6.45) is 0.734. The van der Waals surface area contributed by atoms with E-state index in [2.05, 4.69) is 10.3 Å². The molecule has 0 radical (unpaired) electrons. The molecule has 1 unspecified atom stereocenters. The standard InChI is InChI=1S/C10H18N2O2/c1-5-7-8(13)12-9(11-7)10(3,4)14-6-2/h7H,5-6H2,1-4H3,(H,11,12,13). The van der Waals surface area contributed by atoms with Crippen molar-refractivity contribution in [3.05, 3.63) is 0 Å². The summed E-state index contributed by atoms with van der Waals surface area (Å²) in [6, 6.07) is -0.232. The zero-order valence-corrected chi connectivity index (χ0v) is 9.26. The van der Waals surface area contributed by atoms with Crippen LogP contribution in [-0.2, 0) is 9.53 Å². The highest BCUT2D eigenvalue weighted by atomic mass is 16.5. The third kappa shape index (κ3) is 2.12. The highest BCUT2D eigenvalue weighted by Gasteiger charge is 2.34. The third-order valence-corrected chi connectivity index (χ3v) is 2.29. The van der Waals surface area contributed by atoms with Crippen molar-refractivity contribution < 1.29 is 9.53 Å². The fourth-order valence-corrected chi connectivity index (χ4v) is 1.46. The molecule has 0 aromatic rings. The summed E-state index contributed by atoms with van der Waals surface area (Å²) in [5.74, 6) is 0.631. The molecule has 0 fully saturated rings. The van der Waals surface area contributed by atoms with Gasteiger partial charge in [-0.15, -0.1) is 0 Å². The van der Waals surface area contributed by atoms with Gasteiger partial charge in [0.05, 0.1) is 0 Å². The number of amides is 1. The lowest BCUT2D eigenvalue weighted by atomic mass is 10.1. The van der Waals surface area contributed by atoms with E-state index in [1.165, 1.54) is 0 Å². The Morgan fingerprint density at radius 3 is 2.57 bits per heavy atom. The number of nitrogens with zero attached hydrogens (tertiary/aromatic N) is 1. The van der Waals surface area contributed by atoms with Gasteiger partial charge in [0.1, 0.15) is 17.5 Å². The Morgan fingerprint density at radius 1 is 1.50 bits per heavy atom. The molecule has 1 aliphatic heterocycles. The fraction of sp³-hybridized carbons (Fsp3) is 0.800. The number of carbonyl (C=O) groups is 1. The van der Waals surface area contributed by atoms with Gasteiger partial charge in [0.15, 0.2) is 0 Å². The molecular weight excluding hydrogens is 180 g/mol. The van der Waals surface area contributed by atoms with Crippen molar-refractivity contribution in [3.63, 3.8) is 0 Å². The van der Waals surface area contributed by atoms with Gasteiger partial charge in [0, 0.05) is 6.61 Å². The smallest absolute Gasteiger partial charge is 0.250 e. The Bertz CT molecular complexity index is 259. The van der Waals surface area contributed by atoms with Crippen LogP contribution in [0.1, 0.15) is 34.1 Å². The molecule has 0 bridgehead atoms. The molecular formula is C10H18N2O2. The molecule has 4 heteroatoms. The van der Waals surface area contributed by atoms with Gasteiger partial charge in [-0.05, 0) is 27.2 Å². The topological polar surface area (TPSA) is 50.7 Å². The molecule has 1 amide bonds. The summed E-state index contributed by atoms with van der Waals surface area (Å²) < 4.78 is 5.51. The van der Waals surface area contributed by atoms with Crippen LogP contribution in [0.4, 0.5) is 0 Å². The summed E-state index contributed by atoms with van der Waals surface area (Å²) >= 11 is 0. The Labute approximate surface area is 84.7 Å². The van der Waals surface area contributed by atoms with Gasteiger partial charge in [-0.1, -0.05) is 6.92 Å². The van der Waals surface area contributed by atoms with E-state index in [1.807, 2.05) is 27.7 Å². The molecule has 0 aromatic heterocycles. The zero-order chi connectivity index (χ0) is 10.8. The van der Waals surface area contributed by atoms with Crippen LogP contribution < -0.4 is 5.32 Å². The average Bonchev–Trinajstić information content (AvgIpc) is 2.47. The summed E-state index contributed by atoms with van der Waals surface area (Å²) in [5, 5.41) is 2.77. The van der Waals surface area contributed by atoms with Crippen molar-refractivity contribution in [2.75, 3.05) is 6.61 Å². The summed E-state index contributed by atoms with van der Waals surface area (Å²) in [6.45, 7) is 8.31. The number of amidine groups is 1. The largest absolute Gasteiger partial charge is 0.368 e. The molecule has 1 heterocycles. The van der Waals surface area contributed by atoms with Gasteiger partial charge < -0.3 is 10.1 Å². The molecule has 0 aromatic carbocycles. The summed E-state index contributed by atoms with van der Waals surface area (Å²) in [5.41, 5.74) is -0.492. The number of hydrogen-bond acceptors (Lipinski definition) is 3. The average molecular weight is 198 g/mol. The maximum Gasteiger partial charge on any atom is 0.250 e. The molecule has 0 saturated carbocycles. The SMILES string of the molecule is CCOC(C)(C)C1=NC(CC)C(=O)N1. The van der Waals surface area contributed by atoms with E-state index in [9.17, 15) is 4.79 Å². The van der Waals surface area contributed by atoms with Crippen LogP contribution in [0.25, 0.3) is 0 Å². The first-order chi connectivity index (χ1) is 6.51. The highest BCUT2D eigenvalue weighted by molar-refractivity contribution is 6.09. The van der Waals surface area contributed by atoms with Gasteiger partial charge in [-0.25, -0.2) is 0 Å². The molecule has 0 aliphatic carbocycles. The first-order valence-corrected chi connectivity index (χ1v) is 5.04. The van der Waals surface area contributed by atoms with Crippen LogP contribution in [0.3, 0.4) is 0 Å². The van der Waals surface area contributed by atoms with Crippen molar-refractivity contribution in [1.29, 1.82) is 0 Å². The normalized spacial score (nSPS) is 22.1. The quantitative estimate of drug-likeness (QED) is 0.735. The number of carbonyl (C=O) groups excluding carboxylic acids is 1. The molecule has 4 nitrogen and oxygen atoms in total. The molecule has 80 valence electrons. The van der Waals surface area contributed by atoms with Crippen LogP contribution in [0.2, 0.25) is 0 Å². The van der Waals surface area contributed by atoms with Gasteiger partial charge in [-0.3, -0.25) is 9.79 Å². The first kappa shape index (κ1) is 11.2. The minimum atomic E-state index is -0.492. The van der Waals surface area contributed by atoms with Crippen LogP contribution in [0, 0.1) is 0 Å². The molecule has 1 aliphatic rings. The van der Waals surface area contributed by atoms with Crippen LogP contribution >= 0.6 is 0 Å². The molecule has 1 rings (SSSR count). The first-order valence-electron chi connectivity index (χ1n) is 5.04. The maximum absolute atomic E-state index is 11.4. The Kier molecular flexibility index (Phi) is 3.26. The van der Waals surface area contributed by atoms with E-state index in [0.29, 0.717) is 12.4 Å².